The molecule has 3 atom stereocenters. The Morgan fingerprint density at radius 1 is 1.12 bits per heavy atom. The molecule has 1 aromatic rings. The number of rotatable bonds is 5. The van der Waals surface area contributed by atoms with Gasteiger partial charge in [0.1, 0.15) is 0 Å². The molecule has 0 unspecified atom stereocenters. The summed E-state index contributed by atoms with van der Waals surface area (Å²) in [7, 11) is -1.20. The normalized spacial score (nSPS) is 29.0. The molecule has 5 rings (SSSR count). The van der Waals surface area contributed by atoms with Gasteiger partial charge in [-0.2, -0.15) is 4.31 Å². The lowest BCUT2D eigenvalue weighted by molar-refractivity contribution is -0.115. The Kier molecular flexibility index (Phi) is 5.75. The highest BCUT2D eigenvalue weighted by molar-refractivity contribution is 7.89. The maximum atomic E-state index is 13.3. The van der Waals surface area contributed by atoms with E-state index < -0.39 is 10.0 Å². The number of likely N-dealkylation sites (tertiary alicyclic amines) is 1. The first-order chi connectivity index (χ1) is 15.3. The van der Waals surface area contributed by atoms with E-state index in [1.165, 1.54) is 0 Å². The Hall–Kier alpha value is -1.97. The van der Waals surface area contributed by atoms with Crippen molar-refractivity contribution < 1.29 is 18.0 Å². The first-order valence-corrected chi connectivity index (χ1v) is 13.3. The Morgan fingerprint density at radius 2 is 1.81 bits per heavy atom. The zero-order valence-electron chi connectivity index (χ0n) is 18.5. The fourth-order valence-corrected chi connectivity index (χ4v) is 8.35. The second kappa shape index (κ2) is 8.43. The lowest BCUT2D eigenvalue weighted by Gasteiger charge is -2.39. The number of anilines is 1. The summed E-state index contributed by atoms with van der Waals surface area (Å²) in [5, 5.41) is 5.90. The summed E-state index contributed by atoms with van der Waals surface area (Å²) in [5.74, 6) is 0.295. The van der Waals surface area contributed by atoms with Crippen LogP contribution >= 0.6 is 0 Å². The maximum Gasteiger partial charge on any atom is 0.251 e. The molecule has 0 saturated carbocycles. The molecular weight excluding hydrogens is 428 g/mol. The molecule has 2 bridgehead atoms. The molecule has 8 nitrogen and oxygen atoms in total. The van der Waals surface area contributed by atoms with Crippen molar-refractivity contribution in [2.45, 2.75) is 63.1 Å². The van der Waals surface area contributed by atoms with Crippen LogP contribution in [0.15, 0.2) is 18.2 Å². The van der Waals surface area contributed by atoms with Crippen LogP contribution in [0, 0.1) is 5.92 Å². The number of hydrogen-bond donors (Lipinski definition) is 2. The van der Waals surface area contributed by atoms with E-state index >= 15 is 0 Å². The SMILES string of the molecule is CN1CCC(CS(=O)(=O)N2[C@@H]3CC[C@H]2C[C@H](NC(=O)c2ccc4c(c2)CC(=O)N4)C3)CC1. The fraction of sp³-hybridized carbons (Fsp3) is 0.652. The smallest absolute Gasteiger partial charge is 0.251 e. The van der Waals surface area contributed by atoms with Gasteiger partial charge >= 0.3 is 0 Å². The molecule has 4 aliphatic rings. The standard InChI is InChI=1S/C23H32N4O4S/c1-26-8-6-15(7-9-26)14-32(30,31)27-19-3-4-20(27)13-18(12-19)24-23(29)16-2-5-21-17(10-16)11-22(28)25-21/h2,5,10,15,18-20H,3-4,6-9,11-14H2,1H3,(H,24,29)(H,25,28)/t18-,19-,20+. The Morgan fingerprint density at radius 3 is 2.50 bits per heavy atom. The van der Waals surface area contributed by atoms with Gasteiger partial charge in [-0.25, -0.2) is 8.42 Å². The van der Waals surface area contributed by atoms with Crippen LogP contribution in [0.5, 0.6) is 0 Å². The molecule has 4 aliphatic heterocycles. The number of nitrogens with one attached hydrogen (secondary N) is 2. The highest BCUT2D eigenvalue weighted by atomic mass is 32.2. The third kappa shape index (κ3) is 4.30. The summed E-state index contributed by atoms with van der Waals surface area (Å²) >= 11 is 0. The molecule has 0 spiro atoms. The lowest BCUT2D eigenvalue weighted by Crippen LogP contribution is -2.53. The second-order valence-electron chi connectivity index (χ2n) is 9.98. The predicted molar refractivity (Wildman–Crippen MR) is 122 cm³/mol. The Balaban J connectivity index is 1.21. The molecule has 174 valence electrons. The van der Waals surface area contributed by atoms with E-state index in [0.717, 1.165) is 50.0 Å². The summed E-state index contributed by atoms with van der Waals surface area (Å²) in [6.07, 6.45) is 5.26. The minimum Gasteiger partial charge on any atom is -0.349 e. The molecule has 0 aliphatic carbocycles. The minimum absolute atomic E-state index is 0.0165. The first kappa shape index (κ1) is 21.9. The van der Waals surface area contributed by atoms with Crippen LogP contribution in [-0.4, -0.2) is 73.5 Å². The molecule has 3 saturated heterocycles. The molecule has 1 aromatic carbocycles. The van der Waals surface area contributed by atoms with Crippen molar-refractivity contribution >= 4 is 27.5 Å². The highest BCUT2D eigenvalue weighted by Gasteiger charge is 2.47. The van der Waals surface area contributed by atoms with Gasteiger partial charge in [0.15, 0.2) is 0 Å². The Bertz CT molecular complexity index is 1000. The van der Waals surface area contributed by atoms with E-state index in [-0.39, 0.29) is 41.6 Å². The minimum atomic E-state index is -3.29. The largest absolute Gasteiger partial charge is 0.349 e. The number of carbonyl (C=O) groups excluding carboxylic acids is 2. The van der Waals surface area contributed by atoms with Gasteiger partial charge in [-0.05, 0) is 88.3 Å². The number of hydrogen-bond acceptors (Lipinski definition) is 5. The average Bonchev–Trinajstić information content (AvgIpc) is 3.25. The van der Waals surface area contributed by atoms with Gasteiger partial charge in [-0.15, -0.1) is 0 Å². The first-order valence-electron chi connectivity index (χ1n) is 11.7. The third-order valence-electron chi connectivity index (χ3n) is 7.60. The van der Waals surface area contributed by atoms with E-state index in [9.17, 15) is 18.0 Å². The second-order valence-corrected chi connectivity index (χ2v) is 11.9. The van der Waals surface area contributed by atoms with Gasteiger partial charge in [0.05, 0.1) is 12.2 Å². The topological polar surface area (TPSA) is 98.8 Å². The summed E-state index contributed by atoms with van der Waals surface area (Å²) in [6.45, 7) is 1.93. The van der Waals surface area contributed by atoms with Gasteiger partial charge in [0.2, 0.25) is 15.9 Å². The molecule has 4 heterocycles. The highest BCUT2D eigenvalue weighted by Crippen LogP contribution is 2.39. The molecule has 3 fully saturated rings. The number of amides is 2. The fourth-order valence-electron chi connectivity index (χ4n) is 5.96. The molecule has 0 aromatic heterocycles. The van der Waals surface area contributed by atoms with Crippen LogP contribution in [0.2, 0.25) is 0 Å². The summed E-state index contributed by atoms with van der Waals surface area (Å²) in [6, 6.07) is 5.22. The van der Waals surface area contributed by atoms with E-state index in [1.54, 1.807) is 22.5 Å². The molecule has 9 heteroatoms. The predicted octanol–water partition coefficient (Wildman–Crippen LogP) is 1.58. The number of nitrogens with zero attached hydrogens (tertiary/aromatic N) is 2. The number of benzene rings is 1. The van der Waals surface area contributed by atoms with Crippen LogP contribution in [0.25, 0.3) is 0 Å². The molecule has 32 heavy (non-hydrogen) atoms. The van der Waals surface area contributed by atoms with Gasteiger partial charge in [0, 0.05) is 29.4 Å². The van der Waals surface area contributed by atoms with E-state index in [1.807, 2.05) is 0 Å². The zero-order valence-corrected chi connectivity index (χ0v) is 19.4. The Labute approximate surface area is 189 Å². The van der Waals surface area contributed by atoms with Crippen molar-refractivity contribution in [3.05, 3.63) is 29.3 Å². The number of fused-ring (bicyclic) bond motifs is 3. The molecule has 2 amide bonds. The number of piperidine rings is 2. The van der Waals surface area contributed by atoms with Crippen molar-refractivity contribution in [2.24, 2.45) is 5.92 Å². The van der Waals surface area contributed by atoms with E-state index in [0.29, 0.717) is 24.8 Å². The summed E-state index contributed by atoms with van der Waals surface area (Å²) < 4.78 is 28.3. The number of carbonyl (C=O) groups is 2. The van der Waals surface area contributed by atoms with Crippen molar-refractivity contribution in [3.63, 3.8) is 0 Å². The maximum absolute atomic E-state index is 13.3. The third-order valence-corrected chi connectivity index (χ3v) is 9.73. The number of sulfonamides is 1. The quantitative estimate of drug-likeness (QED) is 0.695. The van der Waals surface area contributed by atoms with Crippen LogP contribution in [0.4, 0.5) is 5.69 Å². The van der Waals surface area contributed by atoms with Crippen molar-refractivity contribution in [1.82, 2.24) is 14.5 Å². The van der Waals surface area contributed by atoms with E-state index in [4.69, 9.17) is 0 Å². The van der Waals surface area contributed by atoms with Crippen LogP contribution in [0.1, 0.15) is 54.4 Å². The summed E-state index contributed by atoms with van der Waals surface area (Å²) in [4.78, 5) is 26.7. The zero-order chi connectivity index (χ0) is 22.5. The van der Waals surface area contributed by atoms with Gasteiger partial charge in [-0.3, -0.25) is 9.59 Å². The van der Waals surface area contributed by atoms with Gasteiger partial charge < -0.3 is 15.5 Å². The van der Waals surface area contributed by atoms with Crippen molar-refractivity contribution in [3.8, 4) is 0 Å². The molecule has 0 radical (unpaired) electrons. The van der Waals surface area contributed by atoms with Crippen LogP contribution in [0.3, 0.4) is 0 Å². The molecule has 2 N–H and O–H groups in total. The average molecular weight is 461 g/mol. The van der Waals surface area contributed by atoms with E-state index in [2.05, 4.69) is 22.6 Å². The van der Waals surface area contributed by atoms with Crippen molar-refractivity contribution in [2.75, 3.05) is 31.2 Å². The lowest BCUT2D eigenvalue weighted by atomic mass is 9.99. The van der Waals surface area contributed by atoms with Gasteiger partial charge in [-0.1, -0.05) is 0 Å². The van der Waals surface area contributed by atoms with Crippen molar-refractivity contribution in [1.29, 1.82) is 0 Å². The van der Waals surface area contributed by atoms with Gasteiger partial charge in [0.25, 0.3) is 5.91 Å². The van der Waals surface area contributed by atoms with Crippen LogP contribution in [-0.2, 0) is 21.2 Å². The molecular formula is C23H32N4O4S. The summed E-state index contributed by atoms with van der Waals surface area (Å²) in [5.41, 5.74) is 2.16. The van der Waals surface area contributed by atoms with Crippen LogP contribution < -0.4 is 10.6 Å². The monoisotopic (exact) mass is 460 g/mol.